The van der Waals surface area contributed by atoms with Crippen LogP contribution in [-0.2, 0) is 0 Å². The molecule has 0 N–H and O–H groups in total. The van der Waals surface area contributed by atoms with Gasteiger partial charge in [0.25, 0.3) is 5.69 Å². The Morgan fingerprint density at radius 1 is 1.11 bits per heavy atom. The summed E-state index contributed by atoms with van der Waals surface area (Å²) in [6.07, 6.45) is 0. The van der Waals surface area contributed by atoms with Gasteiger partial charge in [-0.15, -0.1) is 10.2 Å². The molecule has 0 saturated carbocycles. The zero-order valence-electron chi connectivity index (χ0n) is 14.4. The van der Waals surface area contributed by atoms with Gasteiger partial charge in [-0.3, -0.25) is 14.9 Å². The Morgan fingerprint density at radius 2 is 1.89 bits per heavy atom. The Hall–Kier alpha value is -3.26. The van der Waals surface area contributed by atoms with E-state index in [0.717, 1.165) is 11.3 Å². The number of aromatic nitrogens is 2. The molecular weight excluding hydrogens is 366 g/mol. The van der Waals surface area contributed by atoms with E-state index in [9.17, 15) is 14.9 Å². The van der Waals surface area contributed by atoms with Crippen LogP contribution >= 0.6 is 11.8 Å². The fourth-order valence-corrected chi connectivity index (χ4v) is 3.04. The summed E-state index contributed by atoms with van der Waals surface area (Å²) in [5.41, 5.74) is 1.83. The van der Waals surface area contributed by atoms with Crippen LogP contribution in [0.4, 0.5) is 5.69 Å². The number of nitrogens with zero attached hydrogens (tertiary/aromatic N) is 3. The summed E-state index contributed by atoms with van der Waals surface area (Å²) in [6, 6.07) is 16.8. The zero-order chi connectivity index (χ0) is 19.2. The molecule has 0 fully saturated rings. The van der Waals surface area contributed by atoms with E-state index in [1.807, 2.05) is 30.3 Å². The minimum Gasteiger partial charge on any atom is -0.497 e. The highest BCUT2D eigenvalue weighted by atomic mass is 32.2. The summed E-state index contributed by atoms with van der Waals surface area (Å²) in [7, 11) is 1.61. The molecule has 1 heterocycles. The molecule has 0 unspecified atom stereocenters. The lowest BCUT2D eigenvalue weighted by Crippen LogP contribution is -2.03. The quantitative estimate of drug-likeness (QED) is 0.264. The van der Waals surface area contributed by atoms with Crippen molar-refractivity contribution in [2.45, 2.75) is 5.03 Å². The monoisotopic (exact) mass is 381 g/mol. The molecular formula is C19H15N3O4S. The van der Waals surface area contributed by atoms with Crippen LogP contribution in [0, 0.1) is 10.1 Å². The number of carbonyl (C=O) groups excluding carboxylic acids is 1. The fraction of sp³-hybridized carbons (Fsp3) is 0.105. The van der Waals surface area contributed by atoms with Crippen molar-refractivity contribution in [2.75, 3.05) is 12.9 Å². The maximum atomic E-state index is 12.2. The third-order valence-electron chi connectivity index (χ3n) is 3.76. The van der Waals surface area contributed by atoms with Gasteiger partial charge in [0, 0.05) is 23.3 Å². The van der Waals surface area contributed by atoms with Crippen LogP contribution in [0.1, 0.15) is 10.4 Å². The molecule has 0 aliphatic heterocycles. The number of rotatable bonds is 7. The van der Waals surface area contributed by atoms with Crippen molar-refractivity contribution in [3.63, 3.8) is 0 Å². The topological polar surface area (TPSA) is 95.2 Å². The van der Waals surface area contributed by atoms with Gasteiger partial charge in [-0.1, -0.05) is 23.9 Å². The number of ketones is 1. The van der Waals surface area contributed by atoms with E-state index in [0.29, 0.717) is 16.3 Å². The molecule has 0 atom stereocenters. The summed E-state index contributed by atoms with van der Waals surface area (Å²) in [6.45, 7) is 0. The molecule has 27 heavy (non-hydrogen) atoms. The van der Waals surface area contributed by atoms with E-state index < -0.39 is 4.92 Å². The molecule has 0 amide bonds. The lowest BCUT2D eigenvalue weighted by Gasteiger charge is -2.04. The number of thioether (sulfide) groups is 1. The molecule has 0 aliphatic rings. The molecule has 8 heteroatoms. The van der Waals surface area contributed by atoms with Crippen molar-refractivity contribution in [2.24, 2.45) is 0 Å². The predicted octanol–water partition coefficient (Wildman–Crippen LogP) is 4.04. The summed E-state index contributed by atoms with van der Waals surface area (Å²) >= 11 is 1.23. The lowest BCUT2D eigenvalue weighted by atomic mass is 10.1. The van der Waals surface area contributed by atoms with Gasteiger partial charge in [0.15, 0.2) is 5.78 Å². The summed E-state index contributed by atoms with van der Waals surface area (Å²) in [4.78, 5) is 22.5. The number of hydrogen-bond acceptors (Lipinski definition) is 7. The number of benzene rings is 2. The molecule has 0 radical (unpaired) electrons. The molecule has 3 aromatic rings. The van der Waals surface area contributed by atoms with E-state index in [1.54, 1.807) is 19.2 Å². The number of nitro groups is 1. The molecule has 0 spiro atoms. The smallest absolute Gasteiger partial charge is 0.270 e. The van der Waals surface area contributed by atoms with Gasteiger partial charge in [-0.25, -0.2) is 0 Å². The van der Waals surface area contributed by atoms with Gasteiger partial charge < -0.3 is 4.74 Å². The van der Waals surface area contributed by atoms with E-state index >= 15 is 0 Å². The van der Waals surface area contributed by atoms with Crippen LogP contribution in [0.3, 0.4) is 0 Å². The second kappa shape index (κ2) is 8.41. The van der Waals surface area contributed by atoms with Gasteiger partial charge >= 0.3 is 0 Å². The van der Waals surface area contributed by atoms with Crippen molar-refractivity contribution < 1.29 is 14.5 Å². The minimum atomic E-state index is -0.521. The van der Waals surface area contributed by atoms with Gasteiger partial charge in [0.1, 0.15) is 10.8 Å². The molecule has 1 aromatic heterocycles. The van der Waals surface area contributed by atoms with Crippen LogP contribution in [0.5, 0.6) is 5.75 Å². The normalized spacial score (nSPS) is 10.4. The summed E-state index contributed by atoms with van der Waals surface area (Å²) in [5.74, 6) is 0.681. The van der Waals surface area contributed by atoms with Gasteiger partial charge in [-0.05, 0) is 36.4 Å². The summed E-state index contributed by atoms with van der Waals surface area (Å²) < 4.78 is 5.13. The zero-order valence-corrected chi connectivity index (χ0v) is 15.2. The van der Waals surface area contributed by atoms with Gasteiger partial charge in [0.05, 0.1) is 23.5 Å². The lowest BCUT2D eigenvalue weighted by molar-refractivity contribution is -0.384. The first-order valence-corrected chi connectivity index (χ1v) is 8.94. The molecule has 0 saturated heterocycles. The van der Waals surface area contributed by atoms with Gasteiger partial charge in [0.2, 0.25) is 0 Å². The Labute approximate surface area is 159 Å². The fourth-order valence-electron chi connectivity index (χ4n) is 2.33. The number of non-ortho nitro benzene ring substituents is 1. The number of methoxy groups -OCH3 is 1. The van der Waals surface area contributed by atoms with Crippen molar-refractivity contribution in [1.29, 1.82) is 0 Å². The van der Waals surface area contributed by atoms with Crippen molar-refractivity contribution in [3.05, 3.63) is 76.3 Å². The highest BCUT2D eigenvalue weighted by Gasteiger charge is 2.12. The van der Waals surface area contributed by atoms with Crippen LogP contribution in [0.2, 0.25) is 0 Å². The van der Waals surface area contributed by atoms with E-state index in [4.69, 9.17) is 4.74 Å². The predicted molar refractivity (Wildman–Crippen MR) is 102 cm³/mol. The first kappa shape index (κ1) is 18.5. The highest BCUT2D eigenvalue weighted by molar-refractivity contribution is 7.99. The molecule has 136 valence electrons. The van der Waals surface area contributed by atoms with Crippen molar-refractivity contribution >= 4 is 23.2 Å². The average molecular weight is 381 g/mol. The average Bonchev–Trinajstić information content (AvgIpc) is 2.72. The first-order valence-electron chi connectivity index (χ1n) is 7.95. The molecule has 0 bridgehead atoms. The van der Waals surface area contributed by atoms with E-state index in [2.05, 4.69) is 10.2 Å². The Balaban J connectivity index is 1.63. The Morgan fingerprint density at radius 3 is 2.52 bits per heavy atom. The standard InChI is InChI=1S/C19H15N3O4S/c1-26-16-7-5-13(6-8-16)17-9-10-19(21-20-17)27-12-18(23)14-3-2-4-15(11-14)22(24)25/h2-11H,12H2,1H3. The number of carbonyl (C=O) groups is 1. The first-order chi connectivity index (χ1) is 13.1. The molecule has 2 aromatic carbocycles. The van der Waals surface area contributed by atoms with Crippen LogP contribution in [0.15, 0.2) is 65.7 Å². The number of nitro benzene ring substituents is 1. The largest absolute Gasteiger partial charge is 0.497 e. The number of ether oxygens (including phenoxy) is 1. The van der Waals surface area contributed by atoms with E-state index in [1.165, 1.54) is 30.0 Å². The van der Waals surface area contributed by atoms with Crippen LogP contribution in [0.25, 0.3) is 11.3 Å². The summed E-state index contributed by atoms with van der Waals surface area (Å²) in [5, 5.41) is 19.7. The molecule has 3 rings (SSSR count). The third-order valence-corrected chi connectivity index (χ3v) is 4.68. The number of Topliss-reactive ketones (excluding diaryl/α,β-unsaturated/α-hetero) is 1. The maximum Gasteiger partial charge on any atom is 0.270 e. The van der Waals surface area contributed by atoms with E-state index in [-0.39, 0.29) is 17.2 Å². The third kappa shape index (κ3) is 4.68. The molecule has 0 aliphatic carbocycles. The minimum absolute atomic E-state index is 0.102. The SMILES string of the molecule is COc1ccc(-c2ccc(SCC(=O)c3cccc([N+](=O)[O-])c3)nn2)cc1. The second-order valence-corrected chi connectivity index (χ2v) is 6.50. The van der Waals surface area contributed by atoms with Crippen molar-refractivity contribution in [1.82, 2.24) is 10.2 Å². The molecule has 7 nitrogen and oxygen atoms in total. The maximum absolute atomic E-state index is 12.2. The Kier molecular flexibility index (Phi) is 5.77. The van der Waals surface area contributed by atoms with Crippen LogP contribution < -0.4 is 4.74 Å². The number of hydrogen-bond donors (Lipinski definition) is 0. The highest BCUT2D eigenvalue weighted by Crippen LogP contribution is 2.23. The van der Waals surface area contributed by atoms with Gasteiger partial charge in [-0.2, -0.15) is 0 Å². The van der Waals surface area contributed by atoms with Crippen molar-refractivity contribution in [3.8, 4) is 17.0 Å². The van der Waals surface area contributed by atoms with Crippen LogP contribution in [-0.4, -0.2) is 33.8 Å². The second-order valence-electron chi connectivity index (χ2n) is 5.50. The Bertz CT molecular complexity index is 959.